The van der Waals surface area contributed by atoms with Crippen molar-refractivity contribution in [1.29, 1.82) is 0 Å². The maximum Gasteiger partial charge on any atom is 0.105 e. The van der Waals surface area contributed by atoms with Crippen LogP contribution in [0.3, 0.4) is 0 Å². The molecule has 4 nitrogen and oxygen atoms in total. The lowest BCUT2D eigenvalue weighted by atomic mass is 9.97. The van der Waals surface area contributed by atoms with Gasteiger partial charge in [0.15, 0.2) is 0 Å². The van der Waals surface area contributed by atoms with Crippen LogP contribution in [0.2, 0.25) is 0 Å². The Morgan fingerprint density at radius 1 is 1.40 bits per heavy atom. The zero-order chi connectivity index (χ0) is 10.7. The van der Waals surface area contributed by atoms with Crippen molar-refractivity contribution < 1.29 is 14.6 Å². The second-order valence-corrected chi connectivity index (χ2v) is 4.63. The SMILES string of the molecule is CC1OCCC1(O)CNCC1CCCO1. The van der Waals surface area contributed by atoms with Gasteiger partial charge in [0.25, 0.3) is 0 Å². The molecule has 0 spiro atoms. The van der Waals surface area contributed by atoms with Crippen LogP contribution in [0.4, 0.5) is 0 Å². The molecule has 4 heteroatoms. The maximum absolute atomic E-state index is 10.2. The highest BCUT2D eigenvalue weighted by molar-refractivity contribution is 4.91. The van der Waals surface area contributed by atoms with Crippen LogP contribution in [0, 0.1) is 0 Å². The second kappa shape index (κ2) is 4.78. The van der Waals surface area contributed by atoms with Gasteiger partial charge in [0, 0.05) is 32.7 Å². The minimum Gasteiger partial charge on any atom is -0.386 e. The summed E-state index contributed by atoms with van der Waals surface area (Å²) in [7, 11) is 0. The summed E-state index contributed by atoms with van der Waals surface area (Å²) in [6, 6.07) is 0. The first kappa shape index (κ1) is 11.3. The summed E-state index contributed by atoms with van der Waals surface area (Å²) in [4.78, 5) is 0. The molecule has 2 fully saturated rings. The van der Waals surface area contributed by atoms with Crippen molar-refractivity contribution in [2.24, 2.45) is 0 Å². The second-order valence-electron chi connectivity index (χ2n) is 4.63. The number of aliphatic hydroxyl groups is 1. The molecular formula is C11H21NO3. The van der Waals surface area contributed by atoms with E-state index in [-0.39, 0.29) is 6.10 Å². The first-order valence-electron chi connectivity index (χ1n) is 5.87. The van der Waals surface area contributed by atoms with Gasteiger partial charge in [-0.05, 0) is 19.8 Å². The highest BCUT2D eigenvalue weighted by Crippen LogP contribution is 2.24. The van der Waals surface area contributed by atoms with Gasteiger partial charge in [-0.1, -0.05) is 0 Å². The smallest absolute Gasteiger partial charge is 0.105 e. The molecule has 3 unspecified atom stereocenters. The van der Waals surface area contributed by atoms with E-state index in [0.717, 1.165) is 32.4 Å². The molecule has 88 valence electrons. The number of ether oxygens (including phenoxy) is 2. The lowest BCUT2D eigenvalue weighted by Gasteiger charge is -2.26. The predicted molar refractivity (Wildman–Crippen MR) is 56.8 cm³/mol. The molecule has 15 heavy (non-hydrogen) atoms. The van der Waals surface area contributed by atoms with Crippen LogP contribution in [-0.2, 0) is 9.47 Å². The molecule has 3 atom stereocenters. The van der Waals surface area contributed by atoms with Crippen LogP contribution >= 0.6 is 0 Å². The molecule has 0 saturated carbocycles. The molecular weight excluding hydrogens is 194 g/mol. The van der Waals surface area contributed by atoms with Gasteiger partial charge in [0.2, 0.25) is 0 Å². The molecule has 0 aromatic heterocycles. The topological polar surface area (TPSA) is 50.7 Å². The van der Waals surface area contributed by atoms with Crippen LogP contribution in [0.1, 0.15) is 26.2 Å². The molecule has 2 aliphatic rings. The van der Waals surface area contributed by atoms with Crippen LogP contribution in [0.25, 0.3) is 0 Å². The van der Waals surface area contributed by atoms with Crippen molar-refractivity contribution in [2.45, 2.75) is 44.0 Å². The average molecular weight is 215 g/mol. The Hall–Kier alpha value is -0.160. The van der Waals surface area contributed by atoms with Crippen molar-refractivity contribution >= 4 is 0 Å². The first-order valence-corrected chi connectivity index (χ1v) is 5.87. The Bertz CT molecular complexity index is 206. The number of hydrogen-bond acceptors (Lipinski definition) is 4. The van der Waals surface area contributed by atoms with Crippen molar-refractivity contribution in [3.05, 3.63) is 0 Å². The quantitative estimate of drug-likeness (QED) is 0.708. The van der Waals surface area contributed by atoms with Crippen molar-refractivity contribution in [1.82, 2.24) is 5.32 Å². The van der Waals surface area contributed by atoms with E-state index in [1.54, 1.807) is 0 Å². The third-order valence-electron chi connectivity index (χ3n) is 3.49. The standard InChI is InChI=1S/C11H21NO3/c1-9-11(13,4-6-14-9)8-12-7-10-3-2-5-15-10/h9-10,12-13H,2-8H2,1H3. The number of hydrogen-bond donors (Lipinski definition) is 2. The summed E-state index contributed by atoms with van der Waals surface area (Å²) < 4.78 is 10.9. The van der Waals surface area contributed by atoms with E-state index in [1.807, 2.05) is 6.92 Å². The normalized spacial score (nSPS) is 41.2. The Kier molecular flexibility index (Phi) is 3.61. The first-order chi connectivity index (χ1) is 7.21. The minimum atomic E-state index is -0.682. The van der Waals surface area contributed by atoms with E-state index in [4.69, 9.17) is 9.47 Å². The Labute approximate surface area is 90.9 Å². The van der Waals surface area contributed by atoms with E-state index in [2.05, 4.69) is 5.32 Å². The summed E-state index contributed by atoms with van der Waals surface area (Å²) in [5.74, 6) is 0. The Morgan fingerprint density at radius 2 is 2.27 bits per heavy atom. The molecule has 2 heterocycles. The van der Waals surface area contributed by atoms with Gasteiger partial charge in [0.05, 0.1) is 12.2 Å². The van der Waals surface area contributed by atoms with Crippen LogP contribution in [-0.4, -0.2) is 49.2 Å². The third-order valence-corrected chi connectivity index (χ3v) is 3.49. The molecule has 2 saturated heterocycles. The largest absolute Gasteiger partial charge is 0.386 e. The lowest BCUT2D eigenvalue weighted by Crippen LogP contribution is -2.47. The Morgan fingerprint density at radius 3 is 2.87 bits per heavy atom. The van der Waals surface area contributed by atoms with E-state index in [9.17, 15) is 5.11 Å². The number of rotatable bonds is 4. The molecule has 0 aliphatic carbocycles. The average Bonchev–Trinajstić information content (AvgIpc) is 2.79. The highest BCUT2D eigenvalue weighted by atomic mass is 16.5. The summed E-state index contributed by atoms with van der Waals surface area (Å²) in [5.41, 5.74) is -0.682. The lowest BCUT2D eigenvalue weighted by molar-refractivity contribution is -0.0277. The Balaban J connectivity index is 1.68. The summed E-state index contributed by atoms with van der Waals surface area (Å²) in [6.07, 6.45) is 3.31. The highest BCUT2D eigenvalue weighted by Gasteiger charge is 2.39. The van der Waals surface area contributed by atoms with E-state index >= 15 is 0 Å². The monoisotopic (exact) mass is 215 g/mol. The fraction of sp³-hybridized carbons (Fsp3) is 1.00. The van der Waals surface area contributed by atoms with E-state index in [0.29, 0.717) is 19.3 Å². The summed E-state index contributed by atoms with van der Waals surface area (Å²) in [6.45, 7) is 4.93. The molecule has 0 radical (unpaired) electrons. The molecule has 2 rings (SSSR count). The van der Waals surface area contributed by atoms with Crippen molar-refractivity contribution in [3.63, 3.8) is 0 Å². The zero-order valence-corrected chi connectivity index (χ0v) is 9.37. The third kappa shape index (κ3) is 2.69. The molecule has 2 N–H and O–H groups in total. The van der Waals surface area contributed by atoms with Gasteiger partial charge in [-0.2, -0.15) is 0 Å². The summed E-state index contributed by atoms with van der Waals surface area (Å²) in [5, 5.41) is 13.5. The van der Waals surface area contributed by atoms with Crippen LogP contribution in [0.5, 0.6) is 0 Å². The molecule has 0 aromatic rings. The van der Waals surface area contributed by atoms with Gasteiger partial charge in [-0.25, -0.2) is 0 Å². The van der Waals surface area contributed by atoms with Gasteiger partial charge >= 0.3 is 0 Å². The minimum absolute atomic E-state index is 0.0607. The van der Waals surface area contributed by atoms with Gasteiger partial charge in [-0.3, -0.25) is 0 Å². The van der Waals surface area contributed by atoms with Crippen molar-refractivity contribution in [2.75, 3.05) is 26.3 Å². The molecule has 0 amide bonds. The zero-order valence-electron chi connectivity index (χ0n) is 9.37. The molecule has 0 aromatic carbocycles. The fourth-order valence-electron chi connectivity index (χ4n) is 2.26. The van der Waals surface area contributed by atoms with Crippen LogP contribution < -0.4 is 5.32 Å². The van der Waals surface area contributed by atoms with Gasteiger partial charge in [0.1, 0.15) is 5.60 Å². The van der Waals surface area contributed by atoms with E-state index < -0.39 is 5.60 Å². The fourth-order valence-corrected chi connectivity index (χ4v) is 2.26. The van der Waals surface area contributed by atoms with Gasteiger partial charge in [-0.15, -0.1) is 0 Å². The van der Waals surface area contributed by atoms with Crippen LogP contribution in [0.15, 0.2) is 0 Å². The van der Waals surface area contributed by atoms with E-state index in [1.165, 1.54) is 0 Å². The van der Waals surface area contributed by atoms with Gasteiger partial charge < -0.3 is 19.9 Å². The van der Waals surface area contributed by atoms with Crippen molar-refractivity contribution in [3.8, 4) is 0 Å². The maximum atomic E-state index is 10.2. The molecule has 0 bridgehead atoms. The predicted octanol–water partition coefficient (Wildman–Crippen LogP) is 0.295. The molecule has 2 aliphatic heterocycles. The number of nitrogens with one attached hydrogen (secondary N) is 1. The summed E-state index contributed by atoms with van der Waals surface area (Å²) >= 11 is 0.